The number of likely N-dealkylation sites (N-methyl/N-ethyl adjacent to an activating group) is 1. The average Bonchev–Trinajstić information content (AvgIpc) is 3.10. The number of likely N-dealkylation sites (tertiary alicyclic amines) is 1. The summed E-state index contributed by atoms with van der Waals surface area (Å²) in [5, 5.41) is 1.35. The second-order valence-corrected chi connectivity index (χ2v) is 9.70. The fourth-order valence-electron chi connectivity index (χ4n) is 5.71. The number of carbonyl (C=O) groups excluding carboxylic acids is 1. The molecule has 2 aromatic heterocycles. The van der Waals surface area contributed by atoms with Crippen LogP contribution in [0.3, 0.4) is 0 Å². The highest BCUT2D eigenvalue weighted by atomic mass is 79.9. The highest BCUT2D eigenvalue weighted by Gasteiger charge is 2.54. The van der Waals surface area contributed by atoms with Crippen LogP contribution < -0.4 is 4.90 Å². The highest BCUT2D eigenvalue weighted by Crippen LogP contribution is 2.45. The molecular formula is C24H27BrN3O3+. The number of carbonyl (C=O) groups is 1. The van der Waals surface area contributed by atoms with E-state index in [4.69, 9.17) is 9.47 Å². The number of nitrogens with zero attached hydrogens (tertiary/aromatic N) is 2. The normalized spacial score (nSPS) is 27.2. The fraction of sp³-hybridized carbons (Fsp3) is 0.417. The maximum absolute atomic E-state index is 12.5. The van der Waals surface area contributed by atoms with Crippen molar-refractivity contribution in [1.82, 2.24) is 9.55 Å². The summed E-state index contributed by atoms with van der Waals surface area (Å²) in [4.78, 5) is 17.9. The van der Waals surface area contributed by atoms with Gasteiger partial charge in [-0.15, -0.1) is 0 Å². The molecule has 0 bridgehead atoms. The number of hydrogen-bond acceptors (Lipinski definition) is 4. The molecule has 1 aromatic carbocycles. The zero-order chi connectivity index (χ0) is 21.8. The number of nitrogens with one attached hydrogen (secondary N) is 1. The molecule has 1 aliphatic heterocycles. The highest BCUT2D eigenvalue weighted by molar-refractivity contribution is 9.10. The standard InChI is InChI=1S/C24H26BrN3O3/c1-27-13-16-10-21-24(30-3,19-5-4-6-20(27)22(16)19)8-7-18(28(21)2)14-31-23(29)15-9-17(25)12-26-11-15/h4-6,9,11-13,18,21H,7-8,10,14H2,1-3H3/p+1/t18-,21+,24-/m1/s1. The van der Waals surface area contributed by atoms with Gasteiger partial charge in [-0.3, -0.25) is 4.98 Å². The Kier molecular flexibility index (Phi) is 5.15. The van der Waals surface area contributed by atoms with Crippen molar-refractivity contribution in [3.05, 3.63) is 64.0 Å². The number of esters is 1. The summed E-state index contributed by atoms with van der Waals surface area (Å²) in [6.45, 7) is 0.388. The number of rotatable bonds is 4. The van der Waals surface area contributed by atoms with Gasteiger partial charge in [0.1, 0.15) is 24.3 Å². The lowest BCUT2D eigenvalue weighted by Crippen LogP contribution is -3.20. The van der Waals surface area contributed by atoms with Crippen LogP contribution in [0.1, 0.15) is 34.3 Å². The largest absolute Gasteiger partial charge is 0.456 e. The smallest absolute Gasteiger partial charge is 0.339 e. The molecular weight excluding hydrogens is 458 g/mol. The van der Waals surface area contributed by atoms with Crippen molar-refractivity contribution in [3.8, 4) is 0 Å². The van der Waals surface area contributed by atoms with E-state index in [1.165, 1.54) is 26.9 Å². The predicted molar refractivity (Wildman–Crippen MR) is 121 cm³/mol. The van der Waals surface area contributed by atoms with Gasteiger partial charge in [0, 0.05) is 61.0 Å². The van der Waals surface area contributed by atoms with Crippen molar-refractivity contribution in [2.24, 2.45) is 7.05 Å². The van der Waals surface area contributed by atoms with Crippen LogP contribution in [0.25, 0.3) is 10.9 Å². The first kappa shape index (κ1) is 20.7. The lowest BCUT2D eigenvalue weighted by atomic mass is 9.70. The number of ether oxygens (including phenoxy) is 2. The summed E-state index contributed by atoms with van der Waals surface area (Å²) in [7, 11) is 6.16. The Morgan fingerprint density at radius 2 is 2.23 bits per heavy atom. The zero-order valence-electron chi connectivity index (χ0n) is 18.0. The zero-order valence-corrected chi connectivity index (χ0v) is 19.6. The molecule has 0 radical (unpaired) electrons. The number of aryl methyl sites for hydroxylation is 1. The maximum Gasteiger partial charge on any atom is 0.339 e. The summed E-state index contributed by atoms with van der Waals surface area (Å²) in [5.41, 5.74) is 4.09. The number of halogens is 1. The van der Waals surface area contributed by atoms with Gasteiger partial charge in [0.05, 0.1) is 12.6 Å². The van der Waals surface area contributed by atoms with Crippen molar-refractivity contribution in [2.45, 2.75) is 36.9 Å². The molecule has 7 heteroatoms. The number of piperidine rings is 1. The molecule has 5 rings (SSSR count). The maximum atomic E-state index is 12.5. The third kappa shape index (κ3) is 3.22. The van der Waals surface area contributed by atoms with E-state index in [0.717, 1.165) is 23.7 Å². The van der Waals surface area contributed by atoms with Crippen LogP contribution in [-0.2, 0) is 28.5 Å². The van der Waals surface area contributed by atoms with Gasteiger partial charge in [0.2, 0.25) is 0 Å². The Balaban J connectivity index is 1.40. The molecule has 2 aliphatic rings. The van der Waals surface area contributed by atoms with E-state index in [0.29, 0.717) is 12.2 Å². The summed E-state index contributed by atoms with van der Waals surface area (Å²) in [6, 6.07) is 8.78. The number of hydrogen-bond donors (Lipinski definition) is 1. The molecule has 6 nitrogen and oxygen atoms in total. The molecule has 1 aliphatic carbocycles. The van der Waals surface area contributed by atoms with E-state index in [1.807, 2.05) is 7.11 Å². The fourth-order valence-corrected chi connectivity index (χ4v) is 6.07. The number of quaternary nitrogens is 1. The number of pyridine rings is 1. The van der Waals surface area contributed by atoms with Crippen molar-refractivity contribution >= 4 is 32.8 Å². The topological polar surface area (TPSA) is 57.8 Å². The molecule has 1 fully saturated rings. The van der Waals surface area contributed by atoms with Crippen LogP contribution in [0.15, 0.2) is 47.3 Å². The lowest BCUT2D eigenvalue weighted by Gasteiger charge is -2.50. The number of aromatic nitrogens is 2. The van der Waals surface area contributed by atoms with Crippen molar-refractivity contribution in [3.63, 3.8) is 0 Å². The van der Waals surface area contributed by atoms with E-state index in [-0.39, 0.29) is 23.7 Å². The minimum absolute atomic E-state index is 0.224. The molecule has 3 aromatic rings. The molecule has 3 heterocycles. The van der Waals surface area contributed by atoms with Crippen LogP contribution in [0.4, 0.5) is 0 Å². The first-order chi connectivity index (χ1) is 14.9. The second kappa shape index (κ2) is 7.73. The summed E-state index contributed by atoms with van der Waals surface area (Å²) in [6.07, 6.45) is 8.25. The number of benzene rings is 1. The first-order valence-corrected chi connectivity index (χ1v) is 11.5. The second-order valence-electron chi connectivity index (χ2n) is 8.79. The molecule has 162 valence electrons. The molecule has 0 spiro atoms. The van der Waals surface area contributed by atoms with Gasteiger partial charge in [0.15, 0.2) is 0 Å². The van der Waals surface area contributed by atoms with Crippen LogP contribution in [-0.4, -0.2) is 48.4 Å². The number of methoxy groups -OCH3 is 1. The Morgan fingerprint density at radius 1 is 1.39 bits per heavy atom. The molecule has 0 saturated carbocycles. The summed E-state index contributed by atoms with van der Waals surface area (Å²) < 4.78 is 15.0. The van der Waals surface area contributed by atoms with Crippen molar-refractivity contribution < 1.29 is 19.2 Å². The number of fused-ring (bicyclic) bond motifs is 2. The summed E-state index contributed by atoms with van der Waals surface area (Å²) in [5.74, 6) is -0.330. The average molecular weight is 485 g/mol. The van der Waals surface area contributed by atoms with Crippen LogP contribution in [0.5, 0.6) is 0 Å². The molecule has 31 heavy (non-hydrogen) atoms. The Bertz CT molecular complexity index is 1160. The van der Waals surface area contributed by atoms with Crippen LogP contribution in [0, 0.1) is 0 Å². The van der Waals surface area contributed by atoms with Gasteiger partial charge >= 0.3 is 5.97 Å². The molecule has 0 amide bonds. The Morgan fingerprint density at radius 3 is 3.00 bits per heavy atom. The van der Waals surface area contributed by atoms with E-state index >= 15 is 0 Å². The third-order valence-electron chi connectivity index (χ3n) is 7.31. The van der Waals surface area contributed by atoms with E-state index < -0.39 is 0 Å². The van der Waals surface area contributed by atoms with E-state index in [9.17, 15) is 4.79 Å². The van der Waals surface area contributed by atoms with Gasteiger partial charge in [-0.2, -0.15) is 0 Å². The van der Waals surface area contributed by atoms with Crippen molar-refractivity contribution in [1.29, 1.82) is 0 Å². The minimum Gasteiger partial charge on any atom is -0.456 e. The van der Waals surface area contributed by atoms with Gasteiger partial charge in [-0.25, -0.2) is 4.79 Å². The minimum atomic E-state index is -0.330. The van der Waals surface area contributed by atoms with Gasteiger partial charge < -0.3 is 18.9 Å². The van der Waals surface area contributed by atoms with Gasteiger partial charge in [-0.1, -0.05) is 12.1 Å². The Labute approximate surface area is 190 Å². The first-order valence-electron chi connectivity index (χ1n) is 10.7. The SMILES string of the molecule is CO[C@@]12CC[C@H](COC(=O)c3cncc(Br)c3)[NH+](C)[C@H]1Cc1cn(C)c3cccc2c13. The van der Waals surface area contributed by atoms with Gasteiger partial charge in [-0.05, 0) is 45.6 Å². The predicted octanol–water partition coefficient (Wildman–Crippen LogP) is 2.64. The summed E-state index contributed by atoms with van der Waals surface area (Å²) >= 11 is 3.36. The molecule has 1 N–H and O–H groups in total. The Hall–Kier alpha value is -2.22. The van der Waals surface area contributed by atoms with Crippen LogP contribution in [0.2, 0.25) is 0 Å². The molecule has 1 unspecified atom stereocenters. The monoisotopic (exact) mass is 484 g/mol. The van der Waals surface area contributed by atoms with Crippen LogP contribution >= 0.6 is 15.9 Å². The van der Waals surface area contributed by atoms with Crippen molar-refractivity contribution in [2.75, 3.05) is 20.8 Å². The van der Waals surface area contributed by atoms with E-state index in [1.54, 1.807) is 18.5 Å². The molecule has 4 atom stereocenters. The van der Waals surface area contributed by atoms with E-state index in [2.05, 4.69) is 64.0 Å². The third-order valence-corrected chi connectivity index (χ3v) is 7.75. The van der Waals surface area contributed by atoms with Gasteiger partial charge in [0.25, 0.3) is 0 Å². The molecule has 1 saturated heterocycles. The quantitative estimate of drug-likeness (QED) is 0.578. The lowest BCUT2D eigenvalue weighted by molar-refractivity contribution is -0.946.